The molecule has 72 valence electrons. The topological polar surface area (TPSA) is 3.24 Å². The molecule has 0 amide bonds. The SMILES string of the molecule is FCC(CF)N1CCC(F)CC1. The lowest BCUT2D eigenvalue weighted by Crippen LogP contribution is -2.44. The second-order valence-electron chi connectivity index (χ2n) is 3.17. The van der Waals surface area contributed by atoms with Crippen LogP contribution in [0.2, 0.25) is 0 Å². The van der Waals surface area contributed by atoms with Crippen LogP contribution in [0.1, 0.15) is 12.8 Å². The van der Waals surface area contributed by atoms with Crippen molar-refractivity contribution in [2.75, 3.05) is 26.4 Å². The van der Waals surface area contributed by atoms with E-state index < -0.39 is 25.6 Å². The van der Waals surface area contributed by atoms with Gasteiger partial charge in [-0.2, -0.15) is 0 Å². The van der Waals surface area contributed by atoms with Crippen molar-refractivity contribution in [3.8, 4) is 0 Å². The van der Waals surface area contributed by atoms with Crippen LogP contribution in [0.4, 0.5) is 13.2 Å². The number of likely N-dealkylation sites (tertiary alicyclic amines) is 1. The molecule has 0 aromatic carbocycles. The molecule has 0 bridgehead atoms. The summed E-state index contributed by atoms with van der Waals surface area (Å²) in [5, 5.41) is 0. The molecule has 0 saturated carbocycles. The summed E-state index contributed by atoms with van der Waals surface area (Å²) in [6, 6.07) is -0.641. The van der Waals surface area contributed by atoms with Crippen LogP contribution in [-0.2, 0) is 0 Å². The number of halogens is 3. The number of piperidine rings is 1. The van der Waals surface area contributed by atoms with E-state index in [1.165, 1.54) is 0 Å². The molecule has 1 rings (SSSR count). The van der Waals surface area contributed by atoms with Crippen LogP contribution in [0.15, 0.2) is 0 Å². The zero-order valence-electron chi connectivity index (χ0n) is 6.98. The van der Waals surface area contributed by atoms with Crippen molar-refractivity contribution < 1.29 is 13.2 Å². The van der Waals surface area contributed by atoms with E-state index in [-0.39, 0.29) is 0 Å². The lowest BCUT2D eigenvalue weighted by Gasteiger charge is -2.32. The third-order valence-electron chi connectivity index (χ3n) is 2.33. The van der Waals surface area contributed by atoms with Gasteiger partial charge < -0.3 is 0 Å². The Balaban J connectivity index is 2.32. The first-order valence-corrected chi connectivity index (χ1v) is 4.28. The first kappa shape index (κ1) is 9.84. The molecule has 4 heteroatoms. The maximum atomic E-state index is 12.6. The van der Waals surface area contributed by atoms with E-state index in [2.05, 4.69) is 0 Å². The highest BCUT2D eigenvalue weighted by molar-refractivity contribution is 4.77. The zero-order chi connectivity index (χ0) is 8.97. The summed E-state index contributed by atoms with van der Waals surface area (Å²) < 4.78 is 36.9. The molecule has 1 heterocycles. The normalized spacial score (nSPS) is 22.0. The standard InChI is InChI=1S/C8H14F3N/c9-5-8(6-10)12-3-1-7(11)2-4-12/h7-8H,1-6H2. The molecular weight excluding hydrogens is 167 g/mol. The van der Waals surface area contributed by atoms with E-state index >= 15 is 0 Å². The third-order valence-corrected chi connectivity index (χ3v) is 2.33. The summed E-state index contributed by atoms with van der Waals surface area (Å²) in [6.45, 7) is -0.375. The molecular formula is C8H14F3N. The second kappa shape index (κ2) is 4.70. The molecule has 1 saturated heterocycles. The Bertz CT molecular complexity index is 119. The number of hydrogen-bond acceptors (Lipinski definition) is 1. The van der Waals surface area contributed by atoms with E-state index in [9.17, 15) is 13.2 Å². The average molecular weight is 181 g/mol. The van der Waals surface area contributed by atoms with Gasteiger partial charge in [0.2, 0.25) is 0 Å². The van der Waals surface area contributed by atoms with Gasteiger partial charge in [-0.25, -0.2) is 13.2 Å². The molecule has 0 spiro atoms. The van der Waals surface area contributed by atoms with Gasteiger partial charge in [-0.1, -0.05) is 0 Å². The molecule has 0 unspecified atom stereocenters. The Labute approximate surface area is 70.5 Å². The highest BCUT2D eigenvalue weighted by Crippen LogP contribution is 2.16. The van der Waals surface area contributed by atoms with Crippen molar-refractivity contribution in [1.82, 2.24) is 4.90 Å². The van der Waals surface area contributed by atoms with Gasteiger partial charge in [0.05, 0.1) is 6.04 Å². The zero-order valence-corrected chi connectivity index (χ0v) is 6.98. The largest absolute Gasteiger partial charge is 0.295 e. The van der Waals surface area contributed by atoms with Crippen LogP contribution in [0, 0.1) is 0 Å². The maximum Gasteiger partial charge on any atom is 0.107 e. The third kappa shape index (κ3) is 2.37. The van der Waals surface area contributed by atoms with E-state index in [0.29, 0.717) is 25.9 Å². The molecule has 1 nitrogen and oxygen atoms in total. The molecule has 1 aliphatic rings. The summed E-state index contributed by atoms with van der Waals surface area (Å²) in [4.78, 5) is 1.69. The lowest BCUT2D eigenvalue weighted by molar-refractivity contribution is 0.0828. The molecule has 1 fully saturated rings. The van der Waals surface area contributed by atoms with Crippen molar-refractivity contribution in [3.63, 3.8) is 0 Å². The van der Waals surface area contributed by atoms with Crippen LogP contribution in [0.3, 0.4) is 0 Å². The summed E-state index contributed by atoms with van der Waals surface area (Å²) >= 11 is 0. The Hall–Kier alpha value is -0.250. The Morgan fingerprint density at radius 2 is 1.67 bits per heavy atom. The number of nitrogens with zero attached hydrogens (tertiary/aromatic N) is 1. The first-order valence-electron chi connectivity index (χ1n) is 4.28. The van der Waals surface area contributed by atoms with Crippen LogP contribution in [0.25, 0.3) is 0 Å². The number of alkyl halides is 3. The maximum absolute atomic E-state index is 12.6. The Morgan fingerprint density at radius 1 is 1.17 bits per heavy atom. The predicted molar refractivity (Wildman–Crippen MR) is 41.4 cm³/mol. The van der Waals surface area contributed by atoms with Gasteiger partial charge in [0.25, 0.3) is 0 Å². The van der Waals surface area contributed by atoms with Crippen molar-refractivity contribution in [2.24, 2.45) is 0 Å². The summed E-state index contributed by atoms with van der Waals surface area (Å²) in [6.07, 6.45) is 0.0497. The van der Waals surface area contributed by atoms with Crippen molar-refractivity contribution in [1.29, 1.82) is 0 Å². The molecule has 0 radical (unpaired) electrons. The number of hydrogen-bond donors (Lipinski definition) is 0. The molecule has 12 heavy (non-hydrogen) atoms. The molecule has 0 aromatic rings. The van der Waals surface area contributed by atoms with Crippen molar-refractivity contribution >= 4 is 0 Å². The van der Waals surface area contributed by atoms with Gasteiger partial charge in [-0.15, -0.1) is 0 Å². The predicted octanol–water partition coefficient (Wildman–Crippen LogP) is 1.73. The van der Waals surface area contributed by atoms with Crippen LogP contribution in [-0.4, -0.2) is 43.6 Å². The molecule has 0 aliphatic carbocycles. The second-order valence-corrected chi connectivity index (χ2v) is 3.17. The summed E-state index contributed by atoms with van der Waals surface area (Å²) in [5.74, 6) is 0. The van der Waals surface area contributed by atoms with E-state index in [1.807, 2.05) is 0 Å². The minimum Gasteiger partial charge on any atom is -0.295 e. The van der Waals surface area contributed by atoms with E-state index in [4.69, 9.17) is 0 Å². The highest BCUT2D eigenvalue weighted by atomic mass is 19.1. The number of rotatable bonds is 3. The van der Waals surface area contributed by atoms with Gasteiger partial charge in [-0.3, -0.25) is 4.90 Å². The molecule has 0 N–H and O–H groups in total. The molecule has 1 aliphatic heterocycles. The lowest BCUT2D eigenvalue weighted by atomic mass is 10.1. The average Bonchev–Trinajstić information content (AvgIpc) is 2.10. The summed E-state index contributed by atoms with van der Waals surface area (Å²) in [5.41, 5.74) is 0. The fraction of sp³-hybridized carbons (Fsp3) is 1.00. The Morgan fingerprint density at radius 3 is 2.08 bits per heavy atom. The fourth-order valence-electron chi connectivity index (χ4n) is 1.47. The van der Waals surface area contributed by atoms with Gasteiger partial charge in [-0.05, 0) is 12.8 Å². The van der Waals surface area contributed by atoms with Gasteiger partial charge in [0.15, 0.2) is 0 Å². The molecule has 0 aromatic heterocycles. The minimum atomic E-state index is -0.777. The van der Waals surface area contributed by atoms with Crippen LogP contribution < -0.4 is 0 Å². The van der Waals surface area contributed by atoms with Crippen LogP contribution >= 0.6 is 0 Å². The smallest absolute Gasteiger partial charge is 0.107 e. The summed E-state index contributed by atoms with van der Waals surface area (Å²) in [7, 11) is 0. The highest BCUT2D eigenvalue weighted by Gasteiger charge is 2.24. The van der Waals surface area contributed by atoms with Gasteiger partial charge in [0, 0.05) is 13.1 Å². The minimum absolute atomic E-state index is 0.413. The monoisotopic (exact) mass is 181 g/mol. The van der Waals surface area contributed by atoms with Gasteiger partial charge in [0.1, 0.15) is 19.5 Å². The van der Waals surface area contributed by atoms with Crippen LogP contribution in [0.5, 0.6) is 0 Å². The van der Waals surface area contributed by atoms with Gasteiger partial charge >= 0.3 is 0 Å². The van der Waals surface area contributed by atoms with E-state index in [0.717, 1.165) is 0 Å². The van der Waals surface area contributed by atoms with Crippen molar-refractivity contribution in [2.45, 2.75) is 25.1 Å². The Kier molecular flexibility index (Phi) is 3.85. The first-order chi connectivity index (χ1) is 5.77. The quantitative estimate of drug-likeness (QED) is 0.641. The molecule has 0 atom stereocenters. The van der Waals surface area contributed by atoms with Crippen molar-refractivity contribution in [3.05, 3.63) is 0 Å². The van der Waals surface area contributed by atoms with E-state index in [1.54, 1.807) is 4.90 Å². The fourth-order valence-corrected chi connectivity index (χ4v) is 1.47.